The van der Waals surface area contributed by atoms with Crippen LogP contribution in [-0.2, 0) is 11.2 Å². The minimum atomic E-state index is -0.217. The quantitative estimate of drug-likeness (QED) is 0.464. The number of methoxy groups -OCH3 is 2. The highest BCUT2D eigenvalue weighted by Gasteiger charge is 2.16. The van der Waals surface area contributed by atoms with Crippen molar-refractivity contribution in [1.29, 1.82) is 0 Å². The minimum Gasteiger partial charge on any atom is -0.493 e. The Morgan fingerprint density at radius 1 is 1.00 bits per heavy atom. The van der Waals surface area contributed by atoms with Crippen LogP contribution >= 0.6 is 11.8 Å². The SMILES string of the molecule is COc1ccc(NC(=O)c2cccnc2SCc2ccc(C(C)(C)C)cc2)cc1OC. The first kappa shape index (κ1) is 22.7. The Kier molecular flexibility index (Phi) is 7.23. The number of amides is 1. The Morgan fingerprint density at radius 3 is 2.35 bits per heavy atom. The van der Waals surface area contributed by atoms with Crippen molar-refractivity contribution in [2.75, 3.05) is 19.5 Å². The van der Waals surface area contributed by atoms with Crippen LogP contribution in [0.3, 0.4) is 0 Å². The second kappa shape index (κ2) is 9.88. The van der Waals surface area contributed by atoms with E-state index in [-0.39, 0.29) is 11.3 Å². The van der Waals surface area contributed by atoms with Gasteiger partial charge in [-0.25, -0.2) is 4.98 Å². The molecule has 1 aromatic heterocycles. The Labute approximate surface area is 188 Å². The Balaban J connectivity index is 1.72. The third kappa shape index (κ3) is 5.79. The predicted octanol–water partition coefficient (Wildman–Crippen LogP) is 5.94. The number of carbonyl (C=O) groups excluding carboxylic acids is 1. The van der Waals surface area contributed by atoms with E-state index in [1.54, 1.807) is 62.5 Å². The van der Waals surface area contributed by atoms with Crippen LogP contribution in [0.15, 0.2) is 65.8 Å². The molecule has 0 radical (unpaired) electrons. The third-order valence-electron chi connectivity index (χ3n) is 4.85. The van der Waals surface area contributed by atoms with Crippen LogP contribution in [0, 0.1) is 0 Å². The fourth-order valence-electron chi connectivity index (χ4n) is 3.04. The van der Waals surface area contributed by atoms with Crippen molar-refractivity contribution in [2.24, 2.45) is 0 Å². The highest BCUT2D eigenvalue weighted by atomic mass is 32.2. The monoisotopic (exact) mass is 436 g/mol. The summed E-state index contributed by atoms with van der Waals surface area (Å²) in [7, 11) is 3.14. The van der Waals surface area contributed by atoms with Crippen LogP contribution in [0.4, 0.5) is 5.69 Å². The van der Waals surface area contributed by atoms with Gasteiger partial charge >= 0.3 is 0 Å². The first-order chi connectivity index (χ1) is 14.8. The summed E-state index contributed by atoms with van der Waals surface area (Å²) in [5.74, 6) is 1.68. The molecule has 0 unspecified atom stereocenters. The summed E-state index contributed by atoms with van der Waals surface area (Å²) in [5.41, 5.74) is 3.78. The van der Waals surface area contributed by atoms with Gasteiger partial charge in [-0.3, -0.25) is 4.79 Å². The lowest BCUT2D eigenvalue weighted by atomic mass is 9.87. The van der Waals surface area contributed by atoms with Crippen molar-refractivity contribution in [3.05, 3.63) is 77.5 Å². The van der Waals surface area contributed by atoms with Crippen molar-refractivity contribution in [1.82, 2.24) is 4.98 Å². The van der Waals surface area contributed by atoms with Gasteiger partial charge in [0.25, 0.3) is 5.91 Å². The number of hydrogen-bond donors (Lipinski definition) is 1. The zero-order chi connectivity index (χ0) is 22.4. The van der Waals surface area contributed by atoms with Crippen LogP contribution < -0.4 is 14.8 Å². The van der Waals surface area contributed by atoms with E-state index in [0.29, 0.717) is 27.8 Å². The lowest BCUT2D eigenvalue weighted by Crippen LogP contribution is -2.13. The molecule has 1 N–H and O–H groups in total. The number of aromatic nitrogens is 1. The molecule has 5 nitrogen and oxygen atoms in total. The fraction of sp³-hybridized carbons (Fsp3) is 0.280. The molecular weight excluding hydrogens is 408 g/mol. The summed E-state index contributed by atoms with van der Waals surface area (Å²) in [4.78, 5) is 17.4. The van der Waals surface area contributed by atoms with E-state index in [9.17, 15) is 4.79 Å². The fourth-order valence-corrected chi connectivity index (χ4v) is 3.99. The van der Waals surface area contributed by atoms with Gasteiger partial charge in [0.1, 0.15) is 5.03 Å². The van der Waals surface area contributed by atoms with Crippen molar-refractivity contribution in [2.45, 2.75) is 37.0 Å². The second-order valence-electron chi connectivity index (χ2n) is 8.12. The Hall–Kier alpha value is -2.99. The molecule has 1 amide bonds. The standard InChI is InChI=1S/C25H28N2O3S/c1-25(2,3)18-10-8-17(9-11-18)16-31-24-20(7-6-14-26-24)23(28)27-19-12-13-21(29-4)22(15-19)30-5/h6-15H,16H2,1-5H3,(H,27,28). The lowest BCUT2D eigenvalue weighted by molar-refractivity contribution is 0.102. The van der Waals surface area contributed by atoms with E-state index in [2.05, 4.69) is 55.3 Å². The lowest BCUT2D eigenvalue weighted by Gasteiger charge is -2.19. The average Bonchev–Trinajstić information content (AvgIpc) is 2.77. The highest BCUT2D eigenvalue weighted by molar-refractivity contribution is 7.98. The topological polar surface area (TPSA) is 60.5 Å². The van der Waals surface area contributed by atoms with Crippen LogP contribution in [0.2, 0.25) is 0 Å². The molecule has 31 heavy (non-hydrogen) atoms. The summed E-state index contributed by atoms with van der Waals surface area (Å²) in [6, 6.07) is 17.4. The number of benzene rings is 2. The maximum atomic E-state index is 12.9. The third-order valence-corrected chi connectivity index (χ3v) is 5.93. The van der Waals surface area contributed by atoms with Gasteiger partial charge < -0.3 is 14.8 Å². The van der Waals surface area contributed by atoms with Gasteiger partial charge in [-0.05, 0) is 40.8 Å². The molecule has 162 valence electrons. The van der Waals surface area contributed by atoms with E-state index < -0.39 is 0 Å². The number of hydrogen-bond acceptors (Lipinski definition) is 5. The normalized spacial score (nSPS) is 11.1. The zero-order valence-corrected chi connectivity index (χ0v) is 19.4. The number of carbonyl (C=O) groups is 1. The van der Waals surface area contributed by atoms with E-state index in [1.165, 1.54) is 11.1 Å². The van der Waals surface area contributed by atoms with E-state index in [1.807, 2.05) is 0 Å². The first-order valence-electron chi connectivity index (χ1n) is 10.0. The van der Waals surface area contributed by atoms with Crippen molar-refractivity contribution < 1.29 is 14.3 Å². The zero-order valence-electron chi connectivity index (χ0n) is 18.6. The summed E-state index contributed by atoms with van der Waals surface area (Å²) >= 11 is 1.55. The summed E-state index contributed by atoms with van der Waals surface area (Å²) < 4.78 is 10.6. The van der Waals surface area contributed by atoms with Crippen molar-refractivity contribution in [3.63, 3.8) is 0 Å². The molecule has 0 spiro atoms. The van der Waals surface area contributed by atoms with Gasteiger partial charge in [-0.1, -0.05) is 45.0 Å². The Morgan fingerprint density at radius 2 is 1.71 bits per heavy atom. The molecule has 2 aromatic carbocycles. The molecule has 0 bridgehead atoms. The number of pyridine rings is 1. The van der Waals surface area contributed by atoms with Crippen LogP contribution in [-0.4, -0.2) is 25.1 Å². The number of thioether (sulfide) groups is 1. The molecule has 0 saturated heterocycles. The van der Waals surface area contributed by atoms with Gasteiger partial charge in [0.2, 0.25) is 0 Å². The molecule has 0 aliphatic carbocycles. The van der Waals surface area contributed by atoms with Crippen LogP contribution in [0.1, 0.15) is 42.3 Å². The number of ether oxygens (including phenoxy) is 2. The van der Waals surface area contributed by atoms with Gasteiger partial charge in [0.15, 0.2) is 11.5 Å². The molecule has 0 atom stereocenters. The molecule has 3 rings (SSSR count). The number of nitrogens with one attached hydrogen (secondary N) is 1. The van der Waals surface area contributed by atoms with Gasteiger partial charge in [-0.15, -0.1) is 11.8 Å². The first-order valence-corrected chi connectivity index (χ1v) is 11.0. The molecule has 0 aliphatic rings. The molecular formula is C25H28N2O3S. The largest absolute Gasteiger partial charge is 0.493 e. The van der Waals surface area contributed by atoms with E-state index in [0.717, 1.165) is 5.75 Å². The molecule has 0 aliphatic heterocycles. The second-order valence-corrected chi connectivity index (χ2v) is 9.08. The molecule has 1 heterocycles. The van der Waals surface area contributed by atoms with Crippen molar-refractivity contribution >= 4 is 23.4 Å². The van der Waals surface area contributed by atoms with Crippen LogP contribution in [0.25, 0.3) is 0 Å². The smallest absolute Gasteiger partial charge is 0.258 e. The molecule has 0 fully saturated rings. The number of rotatable bonds is 7. The average molecular weight is 437 g/mol. The maximum Gasteiger partial charge on any atom is 0.258 e. The molecule has 0 saturated carbocycles. The summed E-state index contributed by atoms with van der Waals surface area (Å²) in [6.45, 7) is 6.61. The predicted molar refractivity (Wildman–Crippen MR) is 126 cm³/mol. The minimum absolute atomic E-state index is 0.127. The van der Waals surface area contributed by atoms with Crippen LogP contribution in [0.5, 0.6) is 11.5 Å². The molecule has 6 heteroatoms. The van der Waals surface area contributed by atoms with Gasteiger partial charge in [0, 0.05) is 23.7 Å². The van der Waals surface area contributed by atoms with Gasteiger partial charge in [-0.2, -0.15) is 0 Å². The maximum absolute atomic E-state index is 12.9. The van der Waals surface area contributed by atoms with E-state index >= 15 is 0 Å². The highest BCUT2D eigenvalue weighted by Crippen LogP contribution is 2.31. The van der Waals surface area contributed by atoms with E-state index in [4.69, 9.17) is 9.47 Å². The summed E-state index contributed by atoms with van der Waals surface area (Å²) in [5, 5.41) is 3.61. The molecule has 3 aromatic rings. The van der Waals surface area contributed by atoms with Crippen molar-refractivity contribution in [3.8, 4) is 11.5 Å². The summed E-state index contributed by atoms with van der Waals surface area (Å²) in [6.07, 6.45) is 1.71. The number of anilines is 1. The van der Waals surface area contributed by atoms with Gasteiger partial charge in [0.05, 0.1) is 19.8 Å². The Bertz CT molecular complexity index is 1040. The number of nitrogens with zero attached hydrogens (tertiary/aromatic N) is 1.